The Morgan fingerprint density at radius 1 is 1.14 bits per heavy atom. The number of aromatic nitrogens is 1. The van der Waals surface area contributed by atoms with E-state index in [0.29, 0.717) is 6.04 Å². The van der Waals surface area contributed by atoms with Crippen molar-refractivity contribution >= 4 is 11.6 Å². The molecule has 0 bridgehead atoms. The lowest BCUT2D eigenvalue weighted by Crippen LogP contribution is -2.51. The molecule has 0 spiro atoms. The molecule has 2 fully saturated rings. The van der Waals surface area contributed by atoms with E-state index >= 15 is 0 Å². The Morgan fingerprint density at radius 2 is 1.90 bits per heavy atom. The molecule has 1 unspecified atom stereocenters. The van der Waals surface area contributed by atoms with Gasteiger partial charge in [0.15, 0.2) is 0 Å². The van der Waals surface area contributed by atoms with Crippen molar-refractivity contribution in [2.45, 2.75) is 44.2 Å². The molecule has 2 N–H and O–H groups in total. The minimum Gasteiger partial charge on any atom is -0.371 e. The van der Waals surface area contributed by atoms with E-state index in [1.54, 1.807) is 0 Å². The van der Waals surface area contributed by atoms with Gasteiger partial charge in [0.1, 0.15) is 0 Å². The SMILES string of the molecule is O=C1NCCCCC1NC1CCN(c2ccncc2)CC1. The number of anilines is 1. The standard InChI is InChI=1S/C16H24N4O/c21-16-15(3-1-2-8-18-16)19-13-6-11-20(12-7-13)14-4-9-17-10-5-14/h4-5,9-10,13,15,19H,1-3,6-8,11-12H2,(H,18,21). The zero-order valence-electron chi connectivity index (χ0n) is 12.4. The number of nitrogens with zero attached hydrogens (tertiary/aromatic N) is 2. The van der Waals surface area contributed by atoms with Crippen LogP contribution in [-0.4, -0.2) is 42.6 Å². The number of nitrogens with one attached hydrogen (secondary N) is 2. The quantitative estimate of drug-likeness (QED) is 0.880. The molecule has 21 heavy (non-hydrogen) atoms. The van der Waals surface area contributed by atoms with Crippen molar-refractivity contribution < 1.29 is 4.79 Å². The molecule has 2 saturated heterocycles. The summed E-state index contributed by atoms with van der Waals surface area (Å²) in [4.78, 5) is 18.4. The number of amides is 1. The van der Waals surface area contributed by atoms with Gasteiger partial charge in [-0.3, -0.25) is 9.78 Å². The van der Waals surface area contributed by atoms with Crippen LogP contribution in [0.4, 0.5) is 5.69 Å². The third-order valence-electron chi connectivity index (χ3n) is 4.50. The van der Waals surface area contributed by atoms with Crippen molar-refractivity contribution in [3.63, 3.8) is 0 Å². The van der Waals surface area contributed by atoms with Gasteiger partial charge in [-0.2, -0.15) is 0 Å². The average Bonchev–Trinajstić information content (AvgIpc) is 2.74. The summed E-state index contributed by atoms with van der Waals surface area (Å²) in [6.45, 7) is 2.91. The van der Waals surface area contributed by atoms with Gasteiger partial charge in [0.25, 0.3) is 0 Å². The van der Waals surface area contributed by atoms with Gasteiger partial charge in [-0.15, -0.1) is 0 Å². The lowest BCUT2D eigenvalue weighted by molar-refractivity contribution is -0.123. The predicted octanol–water partition coefficient (Wildman–Crippen LogP) is 1.31. The van der Waals surface area contributed by atoms with Crippen molar-refractivity contribution in [3.05, 3.63) is 24.5 Å². The number of carbonyl (C=O) groups is 1. The average molecular weight is 288 g/mol. The second kappa shape index (κ2) is 6.89. The summed E-state index contributed by atoms with van der Waals surface area (Å²) >= 11 is 0. The molecule has 1 aromatic rings. The van der Waals surface area contributed by atoms with Crippen LogP contribution in [0.3, 0.4) is 0 Å². The number of hydrogen-bond donors (Lipinski definition) is 2. The Balaban J connectivity index is 1.50. The summed E-state index contributed by atoms with van der Waals surface area (Å²) in [6.07, 6.45) is 9.07. The highest BCUT2D eigenvalue weighted by Gasteiger charge is 2.26. The molecule has 0 radical (unpaired) electrons. The number of rotatable bonds is 3. The summed E-state index contributed by atoms with van der Waals surface area (Å²) in [7, 11) is 0. The van der Waals surface area contributed by atoms with Crippen LogP contribution in [0.5, 0.6) is 0 Å². The van der Waals surface area contributed by atoms with E-state index in [-0.39, 0.29) is 11.9 Å². The van der Waals surface area contributed by atoms with Crippen molar-refractivity contribution in [2.75, 3.05) is 24.5 Å². The lowest BCUT2D eigenvalue weighted by atomic mass is 10.0. The number of carbonyl (C=O) groups excluding carboxylic acids is 1. The Morgan fingerprint density at radius 3 is 2.67 bits per heavy atom. The van der Waals surface area contributed by atoms with Gasteiger partial charge in [-0.1, -0.05) is 0 Å². The molecule has 0 saturated carbocycles. The first-order chi connectivity index (χ1) is 10.3. The number of hydrogen-bond acceptors (Lipinski definition) is 4. The molecule has 2 aliphatic rings. The van der Waals surface area contributed by atoms with E-state index in [1.807, 2.05) is 12.4 Å². The van der Waals surface area contributed by atoms with E-state index in [2.05, 4.69) is 32.7 Å². The van der Waals surface area contributed by atoms with Gasteiger partial charge in [-0.05, 0) is 44.2 Å². The maximum Gasteiger partial charge on any atom is 0.237 e. The van der Waals surface area contributed by atoms with Gasteiger partial charge in [0.2, 0.25) is 5.91 Å². The highest BCUT2D eigenvalue weighted by molar-refractivity contribution is 5.81. The minimum atomic E-state index is 0.00461. The lowest BCUT2D eigenvalue weighted by Gasteiger charge is -2.35. The minimum absolute atomic E-state index is 0.00461. The Labute approximate surface area is 126 Å². The van der Waals surface area contributed by atoms with E-state index in [4.69, 9.17) is 0 Å². The summed E-state index contributed by atoms with van der Waals surface area (Å²) < 4.78 is 0. The van der Waals surface area contributed by atoms with Gasteiger partial charge < -0.3 is 15.5 Å². The third-order valence-corrected chi connectivity index (χ3v) is 4.50. The smallest absolute Gasteiger partial charge is 0.237 e. The monoisotopic (exact) mass is 288 g/mol. The first kappa shape index (κ1) is 14.3. The second-order valence-electron chi connectivity index (χ2n) is 5.97. The molecule has 1 atom stereocenters. The Bertz CT molecular complexity index is 457. The van der Waals surface area contributed by atoms with Crippen molar-refractivity contribution in [1.29, 1.82) is 0 Å². The topological polar surface area (TPSA) is 57.3 Å². The molecule has 2 aliphatic heterocycles. The molecular formula is C16H24N4O. The molecule has 3 heterocycles. The largest absolute Gasteiger partial charge is 0.371 e. The molecule has 1 aromatic heterocycles. The summed E-state index contributed by atoms with van der Waals surface area (Å²) in [5, 5.41) is 6.57. The van der Waals surface area contributed by atoms with Gasteiger partial charge >= 0.3 is 0 Å². The molecule has 0 aliphatic carbocycles. The first-order valence-corrected chi connectivity index (χ1v) is 8.01. The molecule has 1 amide bonds. The number of piperidine rings is 1. The van der Waals surface area contributed by atoms with Crippen LogP contribution in [0.2, 0.25) is 0 Å². The molecule has 114 valence electrons. The fourth-order valence-electron chi connectivity index (χ4n) is 3.24. The predicted molar refractivity (Wildman–Crippen MR) is 83.3 cm³/mol. The maximum atomic E-state index is 12.0. The van der Waals surface area contributed by atoms with E-state index in [9.17, 15) is 4.79 Å². The molecule has 5 nitrogen and oxygen atoms in total. The maximum absolute atomic E-state index is 12.0. The Kier molecular flexibility index (Phi) is 4.70. The fraction of sp³-hybridized carbons (Fsp3) is 0.625. The van der Waals surface area contributed by atoms with Gasteiger partial charge in [-0.25, -0.2) is 0 Å². The second-order valence-corrected chi connectivity index (χ2v) is 5.97. The highest BCUT2D eigenvalue weighted by atomic mass is 16.2. The van der Waals surface area contributed by atoms with Crippen LogP contribution in [-0.2, 0) is 4.79 Å². The third kappa shape index (κ3) is 3.73. The molecular weight excluding hydrogens is 264 g/mol. The van der Waals surface area contributed by atoms with Crippen molar-refractivity contribution in [2.24, 2.45) is 0 Å². The van der Waals surface area contributed by atoms with Crippen LogP contribution in [0, 0.1) is 0 Å². The van der Waals surface area contributed by atoms with Crippen molar-refractivity contribution in [1.82, 2.24) is 15.6 Å². The van der Waals surface area contributed by atoms with Gasteiger partial charge in [0.05, 0.1) is 6.04 Å². The van der Waals surface area contributed by atoms with Crippen LogP contribution in [0.15, 0.2) is 24.5 Å². The van der Waals surface area contributed by atoms with E-state index in [0.717, 1.165) is 51.7 Å². The van der Waals surface area contributed by atoms with Crippen LogP contribution in [0.1, 0.15) is 32.1 Å². The van der Waals surface area contributed by atoms with Crippen molar-refractivity contribution in [3.8, 4) is 0 Å². The molecule has 5 heteroatoms. The van der Waals surface area contributed by atoms with Gasteiger partial charge in [0, 0.05) is 43.8 Å². The zero-order chi connectivity index (χ0) is 14.5. The fourth-order valence-corrected chi connectivity index (χ4v) is 3.24. The zero-order valence-corrected chi connectivity index (χ0v) is 12.4. The number of pyridine rings is 1. The summed E-state index contributed by atoms with van der Waals surface area (Å²) in [5.74, 6) is 0.184. The Hall–Kier alpha value is -1.62. The summed E-state index contributed by atoms with van der Waals surface area (Å²) in [5.41, 5.74) is 1.25. The van der Waals surface area contributed by atoms with E-state index in [1.165, 1.54) is 5.69 Å². The highest BCUT2D eigenvalue weighted by Crippen LogP contribution is 2.19. The molecule has 0 aromatic carbocycles. The molecule has 3 rings (SSSR count). The first-order valence-electron chi connectivity index (χ1n) is 8.01. The van der Waals surface area contributed by atoms with Crippen LogP contribution in [0.25, 0.3) is 0 Å². The summed E-state index contributed by atoms with van der Waals surface area (Å²) in [6, 6.07) is 4.58. The van der Waals surface area contributed by atoms with E-state index < -0.39 is 0 Å². The normalized spacial score (nSPS) is 24.5. The van der Waals surface area contributed by atoms with Crippen LogP contribution < -0.4 is 15.5 Å². The van der Waals surface area contributed by atoms with Crippen LogP contribution >= 0.6 is 0 Å².